The Morgan fingerprint density at radius 2 is 2.00 bits per heavy atom. The zero-order chi connectivity index (χ0) is 12.2. The quantitative estimate of drug-likeness (QED) is 0.813. The van der Waals surface area contributed by atoms with Crippen molar-refractivity contribution in [1.29, 1.82) is 0 Å². The molecule has 0 atom stereocenters. The van der Waals surface area contributed by atoms with Crippen LogP contribution < -0.4 is 10.1 Å². The minimum Gasteiger partial charge on any atom is -0.405 e. The van der Waals surface area contributed by atoms with E-state index in [1.807, 2.05) is 6.92 Å². The van der Waals surface area contributed by atoms with Crippen LogP contribution >= 0.6 is 0 Å². The molecule has 90 valence electrons. The van der Waals surface area contributed by atoms with Gasteiger partial charge in [-0.05, 0) is 12.6 Å². The Kier molecular flexibility index (Phi) is 4.12. The van der Waals surface area contributed by atoms with Crippen LogP contribution in [0.4, 0.5) is 17.6 Å². The van der Waals surface area contributed by atoms with Gasteiger partial charge < -0.3 is 10.1 Å². The minimum absolute atomic E-state index is 0.197. The van der Waals surface area contributed by atoms with Gasteiger partial charge in [-0.25, -0.2) is 4.39 Å². The first-order chi connectivity index (χ1) is 7.42. The molecule has 6 heteroatoms. The molecule has 1 aromatic carbocycles. The van der Waals surface area contributed by atoms with Crippen molar-refractivity contribution in [1.82, 2.24) is 5.32 Å². The molecular formula is C10H11F4NO. The summed E-state index contributed by atoms with van der Waals surface area (Å²) >= 11 is 0. The summed E-state index contributed by atoms with van der Waals surface area (Å²) < 4.78 is 52.5. The fraction of sp³-hybridized carbons (Fsp3) is 0.400. The number of nitrogens with one attached hydrogen (secondary N) is 1. The zero-order valence-electron chi connectivity index (χ0n) is 8.57. The summed E-state index contributed by atoms with van der Waals surface area (Å²) in [6.45, 7) is 2.61. The zero-order valence-corrected chi connectivity index (χ0v) is 8.57. The maximum absolute atomic E-state index is 12.8. The Hall–Kier alpha value is -1.30. The molecule has 0 aliphatic rings. The van der Waals surface area contributed by atoms with Gasteiger partial charge in [0, 0.05) is 18.2 Å². The van der Waals surface area contributed by atoms with Gasteiger partial charge >= 0.3 is 6.36 Å². The predicted octanol–water partition coefficient (Wildman–Crippen LogP) is 2.83. The minimum atomic E-state index is -4.81. The van der Waals surface area contributed by atoms with Crippen molar-refractivity contribution >= 4 is 0 Å². The fourth-order valence-electron chi connectivity index (χ4n) is 1.15. The molecule has 0 amide bonds. The lowest BCUT2D eigenvalue weighted by molar-refractivity contribution is -0.275. The first-order valence-corrected chi connectivity index (χ1v) is 4.67. The Labute approximate surface area is 90.2 Å². The molecule has 16 heavy (non-hydrogen) atoms. The van der Waals surface area contributed by atoms with Gasteiger partial charge in [0.15, 0.2) is 0 Å². The van der Waals surface area contributed by atoms with Crippen LogP contribution in [0.15, 0.2) is 18.2 Å². The Morgan fingerprint density at radius 1 is 1.31 bits per heavy atom. The monoisotopic (exact) mass is 237 g/mol. The molecule has 0 radical (unpaired) electrons. The third kappa shape index (κ3) is 4.06. The van der Waals surface area contributed by atoms with Crippen LogP contribution in [-0.4, -0.2) is 12.9 Å². The smallest absolute Gasteiger partial charge is 0.405 e. The molecule has 0 unspecified atom stereocenters. The molecule has 0 saturated heterocycles. The number of halogens is 4. The van der Waals surface area contributed by atoms with Crippen LogP contribution in [0.25, 0.3) is 0 Å². The molecule has 0 aliphatic carbocycles. The first kappa shape index (κ1) is 12.8. The summed E-state index contributed by atoms with van der Waals surface area (Å²) in [4.78, 5) is 0. The highest BCUT2D eigenvalue weighted by atomic mass is 19.4. The van der Waals surface area contributed by atoms with Crippen molar-refractivity contribution in [3.8, 4) is 5.75 Å². The normalized spacial score (nSPS) is 11.6. The van der Waals surface area contributed by atoms with Gasteiger partial charge in [-0.3, -0.25) is 0 Å². The topological polar surface area (TPSA) is 21.3 Å². The van der Waals surface area contributed by atoms with Crippen LogP contribution in [0, 0.1) is 5.82 Å². The van der Waals surface area contributed by atoms with Crippen molar-refractivity contribution in [3.63, 3.8) is 0 Å². The van der Waals surface area contributed by atoms with Gasteiger partial charge in [0.25, 0.3) is 0 Å². The second kappa shape index (κ2) is 5.16. The van der Waals surface area contributed by atoms with Crippen molar-refractivity contribution in [2.24, 2.45) is 0 Å². The number of ether oxygens (including phenoxy) is 1. The van der Waals surface area contributed by atoms with E-state index in [9.17, 15) is 17.6 Å². The van der Waals surface area contributed by atoms with Gasteiger partial charge in [0.2, 0.25) is 0 Å². The lowest BCUT2D eigenvalue weighted by Crippen LogP contribution is -2.20. The van der Waals surface area contributed by atoms with E-state index in [2.05, 4.69) is 10.1 Å². The highest BCUT2D eigenvalue weighted by molar-refractivity contribution is 5.34. The SMILES string of the molecule is CCNCc1ccc(F)cc1OC(F)(F)F. The third-order valence-electron chi connectivity index (χ3n) is 1.82. The Morgan fingerprint density at radius 3 is 2.56 bits per heavy atom. The highest BCUT2D eigenvalue weighted by Gasteiger charge is 2.32. The fourth-order valence-corrected chi connectivity index (χ4v) is 1.15. The average molecular weight is 237 g/mol. The number of rotatable bonds is 4. The second-order valence-corrected chi connectivity index (χ2v) is 3.08. The van der Waals surface area contributed by atoms with E-state index < -0.39 is 17.9 Å². The van der Waals surface area contributed by atoms with Crippen LogP contribution in [0.2, 0.25) is 0 Å². The van der Waals surface area contributed by atoms with Crippen LogP contribution in [0.1, 0.15) is 12.5 Å². The molecule has 0 aliphatic heterocycles. The lowest BCUT2D eigenvalue weighted by atomic mass is 10.2. The van der Waals surface area contributed by atoms with E-state index in [4.69, 9.17) is 0 Å². The van der Waals surface area contributed by atoms with Gasteiger partial charge in [-0.2, -0.15) is 0 Å². The van der Waals surface area contributed by atoms with Crippen LogP contribution in [0.3, 0.4) is 0 Å². The van der Waals surface area contributed by atoms with E-state index >= 15 is 0 Å². The largest absolute Gasteiger partial charge is 0.573 e. The van der Waals surface area contributed by atoms with Crippen LogP contribution in [0.5, 0.6) is 5.75 Å². The first-order valence-electron chi connectivity index (χ1n) is 4.67. The molecule has 1 N–H and O–H groups in total. The molecule has 2 nitrogen and oxygen atoms in total. The van der Waals surface area contributed by atoms with Gasteiger partial charge in [-0.1, -0.05) is 13.0 Å². The van der Waals surface area contributed by atoms with Crippen molar-refractivity contribution in [3.05, 3.63) is 29.6 Å². The van der Waals surface area contributed by atoms with E-state index in [-0.39, 0.29) is 12.1 Å². The Balaban J connectivity index is 2.89. The predicted molar refractivity (Wildman–Crippen MR) is 50.5 cm³/mol. The number of benzene rings is 1. The average Bonchev–Trinajstić information content (AvgIpc) is 2.14. The van der Waals surface area contributed by atoms with Crippen LogP contribution in [-0.2, 0) is 6.54 Å². The summed E-state index contributed by atoms with van der Waals surface area (Å²) in [5, 5.41) is 2.84. The standard InChI is InChI=1S/C10H11F4NO/c1-2-15-6-7-3-4-8(11)5-9(7)16-10(12,13)14/h3-5,15H,2,6H2,1H3. The Bertz CT molecular complexity index is 351. The van der Waals surface area contributed by atoms with Crippen molar-refractivity contribution < 1.29 is 22.3 Å². The summed E-state index contributed by atoms with van der Waals surface area (Å²) in [6, 6.07) is 3.08. The molecular weight excluding hydrogens is 226 g/mol. The molecule has 0 bridgehead atoms. The highest BCUT2D eigenvalue weighted by Crippen LogP contribution is 2.27. The van der Waals surface area contributed by atoms with E-state index in [0.29, 0.717) is 6.54 Å². The molecule has 0 fully saturated rings. The van der Waals surface area contributed by atoms with Gasteiger partial charge in [0.1, 0.15) is 11.6 Å². The van der Waals surface area contributed by atoms with Crippen molar-refractivity contribution in [2.75, 3.05) is 6.54 Å². The molecule has 0 saturated carbocycles. The summed E-state index contributed by atoms with van der Waals surface area (Å²) in [5.74, 6) is -1.27. The second-order valence-electron chi connectivity index (χ2n) is 3.08. The van der Waals surface area contributed by atoms with Gasteiger partial charge in [0.05, 0.1) is 0 Å². The lowest BCUT2D eigenvalue weighted by Gasteiger charge is -2.13. The van der Waals surface area contributed by atoms with E-state index in [0.717, 1.165) is 12.1 Å². The van der Waals surface area contributed by atoms with Gasteiger partial charge in [-0.15, -0.1) is 13.2 Å². The maximum Gasteiger partial charge on any atom is 0.573 e. The molecule has 0 heterocycles. The third-order valence-corrected chi connectivity index (χ3v) is 1.82. The maximum atomic E-state index is 12.8. The summed E-state index contributed by atoms with van der Waals surface area (Å²) in [5.41, 5.74) is 0.264. The van der Waals surface area contributed by atoms with E-state index in [1.165, 1.54) is 6.07 Å². The van der Waals surface area contributed by atoms with E-state index in [1.54, 1.807) is 0 Å². The summed E-state index contributed by atoms with van der Waals surface area (Å²) in [6.07, 6.45) is -4.81. The molecule has 1 aromatic rings. The summed E-state index contributed by atoms with van der Waals surface area (Å²) in [7, 11) is 0. The molecule has 0 spiro atoms. The number of hydrogen-bond acceptors (Lipinski definition) is 2. The number of alkyl halides is 3. The number of hydrogen-bond donors (Lipinski definition) is 1. The van der Waals surface area contributed by atoms with Crippen molar-refractivity contribution in [2.45, 2.75) is 19.8 Å². The molecule has 1 rings (SSSR count). The molecule has 0 aromatic heterocycles.